The third-order valence-corrected chi connectivity index (χ3v) is 5.74. The second-order valence-electron chi connectivity index (χ2n) is 6.54. The van der Waals surface area contributed by atoms with Gasteiger partial charge in [-0.25, -0.2) is 4.98 Å². The van der Waals surface area contributed by atoms with Crippen molar-refractivity contribution >= 4 is 68.5 Å². The fourth-order valence-corrected chi connectivity index (χ4v) is 4.33. The zero-order chi connectivity index (χ0) is 21.3. The van der Waals surface area contributed by atoms with E-state index in [2.05, 4.69) is 10.3 Å². The molecule has 1 aliphatic heterocycles. The van der Waals surface area contributed by atoms with Gasteiger partial charge in [-0.3, -0.25) is 14.5 Å². The lowest BCUT2D eigenvalue weighted by Gasteiger charge is -2.15. The van der Waals surface area contributed by atoms with Gasteiger partial charge in [-0.1, -0.05) is 30.0 Å². The Kier molecular flexibility index (Phi) is 5.52. The minimum atomic E-state index is -0.200. The number of anilines is 2. The molecule has 1 N–H and O–H groups in total. The number of ether oxygens (including phenoxy) is 1. The summed E-state index contributed by atoms with van der Waals surface area (Å²) >= 11 is 6.66. The molecular weight excluding hydrogens is 418 g/mol. The lowest BCUT2D eigenvalue weighted by atomic mass is 10.2. The Labute approximate surface area is 182 Å². The number of thiocarbonyl (C=S) groups is 1. The van der Waals surface area contributed by atoms with Gasteiger partial charge >= 0.3 is 0 Å². The van der Waals surface area contributed by atoms with Crippen molar-refractivity contribution in [3.8, 4) is 5.75 Å². The van der Waals surface area contributed by atoms with Crippen LogP contribution in [0.2, 0.25) is 0 Å². The normalized spacial score (nSPS) is 15.1. The van der Waals surface area contributed by atoms with E-state index >= 15 is 0 Å². The smallest absolute Gasteiger partial charge is 0.270 e. The third-order valence-electron chi connectivity index (χ3n) is 4.44. The monoisotopic (exact) mass is 435 g/mol. The van der Waals surface area contributed by atoms with E-state index in [1.165, 1.54) is 23.6 Å². The topological polar surface area (TPSA) is 71.5 Å². The Hall–Kier alpha value is -3.23. The van der Waals surface area contributed by atoms with Crippen LogP contribution in [0.15, 0.2) is 59.5 Å². The van der Waals surface area contributed by atoms with E-state index in [4.69, 9.17) is 17.0 Å². The maximum Gasteiger partial charge on any atom is 0.270 e. The minimum absolute atomic E-state index is 0.155. The van der Waals surface area contributed by atoms with Gasteiger partial charge in [0, 0.05) is 18.0 Å². The van der Waals surface area contributed by atoms with Crippen LogP contribution in [0.5, 0.6) is 5.75 Å². The first-order valence-electron chi connectivity index (χ1n) is 9.05. The summed E-state index contributed by atoms with van der Waals surface area (Å²) in [5, 5.41) is 3.66. The van der Waals surface area contributed by atoms with Crippen LogP contribution in [-0.2, 0) is 9.59 Å². The molecule has 30 heavy (non-hydrogen) atoms. The molecule has 1 saturated heterocycles. The number of benzene rings is 2. The second-order valence-corrected chi connectivity index (χ2v) is 8.22. The lowest BCUT2D eigenvalue weighted by Crippen LogP contribution is -2.27. The van der Waals surface area contributed by atoms with Crippen molar-refractivity contribution < 1.29 is 14.3 Å². The van der Waals surface area contributed by atoms with Crippen molar-refractivity contribution in [1.82, 2.24) is 4.98 Å². The number of methoxy groups -OCH3 is 1. The number of hydrogen-bond donors (Lipinski definition) is 1. The van der Waals surface area contributed by atoms with Gasteiger partial charge in [0.25, 0.3) is 5.91 Å². The summed E-state index contributed by atoms with van der Waals surface area (Å²) in [4.78, 5) is 30.7. The number of nitrogens with zero attached hydrogens (tertiary/aromatic N) is 2. The van der Waals surface area contributed by atoms with Gasteiger partial charge in [0.2, 0.25) is 5.91 Å². The number of carbonyl (C=O) groups is 2. The molecule has 1 fully saturated rings. The van der Waals surface area contributed by atoms with Gasteiger partial charge < -0.3 is 10.1 Å². The molecule has 1 aromatic heterocycles. The number of thioether (sulfide) groups is 1. The molecule has 1 aliphatic rings. The average Bonchev–Trinajstić information content (AvgIpc) is 3.01. The van der Waals surface area contributed by atoms with E-state index in [1.54, 1.807) is 37.5 Å². The van der Waals surface area contributed by atoms with Gasteiger partial charge in [-0.2, -0.15) is 0 Å². The van der Waals surface area contributed by atoms with E-state index in [-0.39, 0.29) is 11.8 Å². The van der Waals surface area contributed by atoms with Crippen LogP contribution in [0.1, 0.15) is 12.6 Å². The van der Waals surface area contributed by atoms with Crippen LogP contribution in [0.4, 0.5) is 11.4 Å². The highest BCUT2D eigenvalue weighted by atomic mass is 32.2. The molecule has 0 radical (unpaired) electrons. The molecule has 0 saturated carbocycles. The predicted molar refractivity (Wildman–Crippen MR) is 125 cm³/mol. The Morgan fingerprint density at radius 1 is 1.17 bits per heavy atom. The van der Waals surface area contributed by atoms with Crippen molar-refractivity contribution in [2.75, 3.05) is 17.3 Å². The highest BCUT2D eigenvalue weighted by Gasteiger charge is 2.33. The Morgan fingerprint density at radius 3 is 2.63 bits per heavy atom. The molecule has 3 aromatic rings. The Balaban J connectivity index is 1.59. The highest BCUT2D eigenvalue weighted by molar-refractivity contribution is 8.27. The molecule has 2 aromatic carbocycles. The number of fused-ring (bicyclic) bond motifs is 1. The number of pyridine rings is 1. The van der Waals surface area contributed by atoms with Crippen LogP contribution in [0.25, 0.3) is 17.0 Å². The number of rotatable bonds is 4. The standard InChI is InChI=1S/C22H17N3O3S2/c1-13(26)23-15-5-7-17(8-6-15)25-21(27)20(30-22(25)29)12-16-4-3-14-11-18(28-2)9-10-19(14)24-16/h3-12H,1-2H3,(H,23,26)/b20-12+. The van der Waals surface area contributed by atoms with Gasteiger partial charge in [0.15, 0.2) is 4.32 Å². The molecule has 0 spiro atoms. The first-order valence-corrected chi connectivity index (χ1v) is 10.3. The van der Waals surface area contributed by atoms with E-state index in [0.29, 0.717) is 26.3 Å². The van der Waals surface area contributed by atoms with Crippen LogP contribution >= 0.6 is 24.0 Å². The fraction of sp³-hybridized carbons (Fsp3) is 0.0909. The van der Waals surface area contributed by atoms with Crippen molar-refractivity contribution in [3.63, 3.8) is 0 Å². The number of amides is 2. The fourth-order valence-electron chi connectivity index (χ4n) is 3.05. The van der Waals surface area contributed by atoms with Crippen LogP contribution in [-0.4, -0.2) is 28.2 Å². The molecule has 2 heterocycles. The molecular formula is C22H17N3O3S2. The summed E-state index contributed by atoms with van der Waals surface area (Å²) in [5.41, 5.74) is 2.79. The average molecular weight is 436 g/mol. The van der Waals surface area contributed by atoms with Gasteiger partial charge in [-0.15, -0.1) is 0 Å². The van der Waals surface area contributed by atoms with Crippen LogP contribution < -0.4 is 15.0 Å². The molecule has 0 atom stereocenters. The number of hydrogen-bond acceptors (Lipinski definition) is 6. The molecule has 4 rings (SSSR count). The van der Waals surface area contributed by atoms with E-state index < -0.39 is 0 Å². The lowest BCUT2D eigenvalue weighted by molar-refractivity contribution is -0.114. The highest BCUT2D eigenvalue weighted by Crippen LogP contribution is 2.36. The number of nitrogens with one attached hydrogen (secondary N) is 1. The molecule has 2 amide bonds. The molecule has 150 valence electrons. The second kappa shape index (κ2) is 8.25. The molecule has 0 bridgehead atoms. The largest absolute Gasteiger partial charge is 0.497 e. The summed E-state index contributed by atoms with van der Waals surface area (Å²) < 4.78 is 5.69. The number of carbonyl (C=O) groups excluding carboxylic acids is 2. The minimum Gasteiger partial charge on any atom is -0.497 e. The molecule has 6 nitrogen and oxygen atoms in total. The quantitative estimate of drug-likeness (QED) is 0.477. The maximum absolute atomic E-state index is 13.0. The Morgan fingerprint density at radius 2 is 1.93 bits per heavy atom. The van der Waals surface area contributed by atoms with Crippen molar-refractivity contribution in [2.45, 2.75) is 6.92 Å². The molecule has 0 aliphatic carbocycles. The zero-order valence-electron chi connectivity index (χ0n) is 16.2. The summed E-state index contributed by atoms with van der Waals surface area (Å²) in [7, 11) is 1.62. The summed E-state index contributed by atoms with van der Waals surface area (Å²) in [6, 6.07) is 16.4. The van der Waals surface area contributed by atoms with E-state index in [0.717, 1.165) is 16.7 Å². The van der Waals surface area contributed by atoms with Crippen LogP contribution in [0.3, 0.4) is 0 Å². The van der Waals surface area contributed by atoms with Gasteiger partial charge in [-0.05, 0) is 54.6 Å². The van der Waals surface area contributed by atoms with Crippen molar-refractivity contribution in [3.05, 3.63) is 65.2 Å². The van der Waals surface area contributed by atoms with E-state index in [9.17, 15) is 9.59 Å². The third kappa shape index (κ3) is 4.05. The van der Waals surface area contributed by atoms with Crippen LogP contribution in [0, 0.1) is 0 Å². The zero-order valence-corrected chi connectivity index (χ0v) is 17.8. The first-order chi connectivity index (χ1) is 14.4. The summed E-state index contributed by atoms with van der Waals surface area (Å²) in [6.45, 7) is 1.44. The van der Waals surface area contributed by atoms with Crippen molar-refractivity contribution in [2.24, 2.45) is 0 Å². The molecule has 0 unspecified atom stereocenters. The SMILES string of the molecule is COc1ccc2nc(/C=C3/SC(=S)N(c4ccc(NC(C)=O)cc4)C3=O)ccc2c1. The van der Waals surface area contributed by atoms with E-state index in [1.807, 2.05) is 30.3 Å². The number of aromatic nitrogens is 1. The van der Waals surface area contributed by atoms with Gasteiger partial charge in [0.05, 0.1) is 28.9 Å². The molecule has 8 heteroatoms. The van der Waals surface area contributed by atoms with Crippen molar-refractivity contribution in [1.29, 1.82) is 0 Å². The Bertz CT molecular complexity index is 1210. The van der Waals surface area contributed by atoms with Gasteiger partial charge in [0.1, 0.15) is 5.75 Å². The summed E-state index contributed by atoms with van der Waals surface area (Å²) in [5.74, 6) is 0.411. The predicted octanol–water partition coefficient (Wildman–Crippen LogP) is 4.61. The maximum atomic E-state index is 13.0. The summed E-state index contributed by atoms with van der Waals surface area (Å²) in [6.07, 6.45) is 1.74. The first kappa shape index (κ1) is 20.1.